The highest BCUT2D eigenvalue weighted by Crippen LogP contribution is 2.23. The molecule has 0 spiro atoms. The molecule has 0 unspecified atom stereocenters. The normalized spacial score (nSPS) is 19.1. The number of nitrogens with one attached hydrogen (secondary N) is 1. The second-order valence-corrected chi connectivity index (χ2v) is 5.91. The maximum atomic E-state index is 12.3. The van der Waals surface area contributed by atoms with Crippen molar-refractivity contribution in [2.45, 2.75) is 45.3 Å². The van der Waals surface area contributed by atoms with Crippen LogP contribution in [-0.2, 0) is 4.79 Å². The summed E-state index contributed by atoms with van der Waals surface area (Å²) in [5, 5.41) is 3.32. The molecule has 1 saturated heterocycles. The molecule has 0 aliphatic carbocycles. The molecule has 1 aromatic rings. The van der Waals surface area contributed by atoms with E-state index in [0.717, 1.165) is 17.7 Å². The molecule has 1 aliphatic heterocycles. The molecule has 122 valence electrons. The highest BCUT2D eigenvalue weighted by molar-refractivity contribution is 5.77. The van der Waals surface area contributed by atoms with Gasteiger partial charge in [-0.15, -0.1) is 0 Å². The Morgan fingerprint density at radius 1 is 1.32 bits per heavy atom. The number of likely N-dealkylation sites (tertiary alicyclic amines) is 1. The smallest absolute Gasteiger partial charge is 0.381 e. The largest absolute Gasteiger partial charge is 0.397 e. The monoisotopic (exact) mass is 314 g/mol. The molecule has 1 N–H and O–H groups in total. The van der Waals surface area contributed by atoms with Crippen molar-refractivity contribution in [3.8, 4) is 0 Å². The molecule has 2 rings (SSSR count). The Bertz CT molecular complexity index is 543. The first kappa shape index (κ1) is 16.6. The summed E-state index contributed by atoms with van der Waals surface area (Å²) in [5.74, 6) is -0.834. The quantitative estimate of drug-likeness (QED) is 0.923. The van der Waals surface area contributed by atoms with Crippen LogP contribution in [0, 0.1) is 13.8 Å². The second-order valence-electron chi connectivity index (χ2n) is 5.91. The van der Waals surface area contributed by atoms with E-state index in [-0.39, 0.29) is 6.04 Å². The van der Waals surface area contributed by atoms with Gasteiger partial charge in [0.1, 0.15) is 6.42 Å². The maximum Gasteiger partial charge on any atom is 0.397 e. The molecule has 6 heteroatoms. The zero-order valence-electron chi connectivity index (χ0n) is 12.8. The van der Waals surface area contributed by atoms with E-state index in [0.29, 0.717) is 19.5 Å². The number of nitrogens with zero attached hydrogens (tertiary/aromatic N) is 1. The number of alkyl halides is 3. The molecule has 1 amide bonds. The van der Waals surface area contributed by atoms with Crippen LogP contribution >= 0.6 is 0 Å². The minimum Gasteiger partial charge on any atom is -0.381 e. The third-order valence-electron chi connectivity index (χ3n) is 4.00. The van der Waals surface area contributed by atoms with Crippen LogP contribution in [0.2, 0.25) is 0 Å². The lowest BCUT2D eigenvalue weighted by Gasteiger charge is -2.34. The topological polar surface area (TPSA) is 32.3 Å². The van der Waals surface area contributed by atoms with Crippen LogP contribution in [-0.4, -0.2) is 36.1 Å². The van der Waals surface area contributed by atoms with Crippen molar-refractivity contribution in [1.82, 2.24) is 4.90 Å². The van der Waals surface area contributed by atoms with Crippen molar-refractivity contribution in [2.75, 3.05) is 18.4 Å². The van der Waals surface area contributed by atoms with Crippen LogP contribution in [0.4, 0.5) is 18.9 Å². The lowest BCUT2D eigenvalue weighted by molar-refractivity contribution is -0.162. The van der Waals surface area contributed by atoms with Gasteiger partial charge in [0.2, 0.25) is 5.91 Å². The summed E-state index contributed by atoms with van der Waals surface area (Å²) in [5.41, 5.74) is 3.29. The summed E-state index contributed by atoms with van der Waals surface area (Å²) in [6.07, 6.45) is -4.25. The number of carbonyl (C=O) groups is 1. The van der Waals surface area contributed by atoms with Gasteiger partial charge in [0.15, 0.2) is 0 Å². The molecule has 1 aliphatic rings. The van der Waals surface area contributed by atoms with E-state index in [2.05, 4.69) is 5.32 Å². The average molecular weight is 314 g/mol. The van der Waals surface area contributed by atoms with Gasteiger partial charge in [-0.05, 0) is 49.9 Å². The van der Waals surface area contributed by atoms with Crippen molar-refractivity contribution in [1.29, 1.82) is 0 Å². The van der Waals surface area contributed by atoms with Gasteiger partial charge in [0.25, 0.3) is 0 Å². The highest BCUT2D eigenvalue weighted by Gasteiger charge is 2.35. The molecule has 1 heterocycles. The van der Waals surface area contributed by atoms with Crippen molar-refractivity contribution in [3.63, 3.8) is 0 Å². The molecule has 1 aromatic carbocycles. The van der Waals surface area contributed by atoms with Gasteiger partial charge in [0, 0.05) is 24.8 Å². The van der Waals surface area contributed by atoms with Crippen LogP contribution in [0.1, 0.15) is 30.4 Å². The molecular formula is C16H21F3N2O. The summed E-state index contributed by atoms with van der Waals surface area (Å²) in [4.78, 5) is 13.0. The maximum absolute atomic E-state index is 12.3. The van der Waals surface area contributed by atoms with Crippen molar-refractivity contribution in [2.24, 2.45) is 0 Å². The van der Waals surface area contributed by atoms with Crippen molar-refractivity contribution in [3.05, 3.63) is 29.3 Å². The van der Waals surface area contributed by atoms with E-state index < -0.39 is 18.5 Å². The molecule has 0 radical (unpaired) electrons. The molecule has 1 fully saturated rings. The summed E-state index contributed by atoms with van der Waals surface area (Å²) in [6, 6.07) is 5.98. The number of rotatable bonds is 3. The third kappa shape index (κ3) is 4.64. The fourth-order valence-corrected chi connectivity index (χ4v) is 2.67. The second kappa shape index (κ2) is 6.58. The lowest BCUT2D eigenvalue weighted by atomic mass is 10.0. The van der Waals surface area contributed by atoms with E-state index in [4.69, 9.17) is 0 Å². The minimum absolute atomic E-state index is 0.00644. The standard InChI is InChI=1S/C16H21F3N2O/c1-11-5-6-13(8-12(11)2)20-14-4-3-7-21(10-14)15(22)9-16(17,18)19/h5-6,8,14,20H,3-4,7,9-10H2,1-2H3/t14-/m0/s1. The number of hydrogen-bond acceptors (Lipinski definition) is 2. The molecule has 0 saturated carbocycles. The summed E-state index contributed by atoms with van der Waals surface area (Å²) in [6.45, 7) is 4.76. The summed E-state index contributed by atoms with van der Waals surface area (Å²) in [7, 11) is 0. The molecule has 1 atom stereocenters. The zero-order valence-corrected chi connectivity index (χ0v) is 12.8. The van der Waals surface area contributed by atoms with Crippen molar-refractivity contribution < 1.29 is 18.0 Å². The first-order valence-electron chi connectivity index (χ1n) is 7.43. The van der Waals surface area contributed by atoms with Crippen molar-refractivity contribution >= 4 is 11.6 Å². The Hall–Kier alpha value is -1.72. The molecule has 0 aromatic heterocycles. The average Bonchev–Trinajstić information content (AvgIpc) is 2.41. The number of piperidine rings is 1. The number of aryl methyl sites for hydroxylation is 2. The van der Waals surface area contributed by atoms with Gasteiger partial charge in [0.05, 0.1) is 0 Å². The first-order chi connectivity index (χ1) is 10.2. The van der Waals surface area contributed by atoms with E-state index in [9.17, 15) is 18.0 Å². The Balaban J connectivity index is 1.95. The van der Waals surface area contributed by atoms with Gasteiger partial charge >= 0.3 is 6.18 Å². The zero-order chi connectivity index (χ0) is 16.3. The Morgan fingerprint density at radius 3 is 2.68 bits per heavy atom. The van der Waals surface area contributed by atoms with Crippen LogP contribution < -0.4 is 5.32 Å². The highest BCUT2D eigenvalue weighted by atomic mass is 19.4. The van der Waals surface area contributed by atoms with Gasteiger partial charge in [-0.25, -0.2) is 0 Å². The molecule has 3 nitrogen and oxygen atoms in total. The first-order valence-corrected chi connectivity index (χ1v) is 7.43. The van der Waals surface area contributed by atoms with E-state index >= 15 is 0 Å². The molecule has 0 bridgehead atoms. The fourth-order valence-electron chi connectivity index (χ4n) is 2.67. The number of anilines is 1. The number of carbonyl (C=O) groups excluding carboxylic acids is 1. The van der Waals surface area contributed by atoms with Crippen LogP contribution in [0.25, 0.3) is 0 Å². The number of halogens is 3. The lowest BCUT2D eigenvalue weighted by Crippen LogP contribution is -2.46. The SMILES string of the molecule is Cc1ccc(N[C@H]2CCCN(C(=O)CC(F)(F)F)C2)cc1C. The van der Waals surface area contributed by atoms with Crippen LogP contribution in [0.3, 0.4) is 0 Å². The van der Waals surface area contributed by atoms with Crippen LogP contribution in [0.5, 0.6) is 0 Å². The van der Waals surface area contributed by atoms with E-state index in [1.54, 1.807) is 0 Å². The molecule has 22 heavy (non-hydrogen) atoms. The fraction of sp³-hybridized carbons (Fsp3) is 0.562. The van der Waals surface area contributed by atoms with E-state index in [1.807, 2.05) is 32.0 Å². The molecular weight excluding hydrogens is 293 g/mol. The third-order valence-corrected chi connectivity index (χ3v) is 4.00. The number of amides is 1. The Morgan fingerprint density at radius 2 is 2.05 bits per heavy atom. The number of hydrogen-bond donors (Lipinski definition) is 1. The number of benzene rings is 1. The summed E-state index contributed by atoms with van der Waals surface area (Å²) >= 11 is 0. The summed E-state index contributed by atoms with van der Waals surface area (Å²) < 4.78 is 37.0. The van der Waals surface area contributed by atoms with Gasteiger partial charge in [-0.1, -0.05) is 6.07 Å². The Labute approximate surface area is 128 Å². The Kier molecular flexibility index (Phi) is 4.98. The van der Waals surface area contributed by atoms with Gasteiger partial charge in [-0.2, -0.15) is 13.2 Å². The minimum atomic E-state index is -4.44. The predicted molar refractivity (Wildman–Crippen MR) is 79.8 cm³/mol. The van der Waals surface area contributed by atoms with Crippen LogP contribution in [0.15, 0.2) is 18.2 Å². The van der Waals surface area contributed by atoms with Gasteiger partial charge < -0.3 is 10.2 Å². The van der Waals surface area contributed by atoms with Gasteiger partial charge in [-0.3, -0.25) is 4.79 Å². The predicted octanol–water partition coefficient (Wildman–Crippen LogP) is 3.66. The van der Waals surface area contributed by atoms with E-state index in [1.165, 1.54) is 10.5 Å².